The molecule has 5 nitrogen and oxygen atoms in total. The first-order valence-corrected chi connectivity index (χ1v) is 11.3. The van der Waals surface area contributed by atoms with E-state index in [2.05, 4.69) is 10.6 Å². The maximum atomic E-state index is 12.6. The lowest BCUT2D eigenvalue weighted by Crippen LogP contribution is -2.49. The van der Waals surface area contributed by atoms with Crippen molar-refractivity contribution in [2.75, 3.05) is 32.7 Å². The lowest BCUT2D eigenvalue weighted by Gasteiger charge is -2.56. The summed E-state index contributed by atoms with van der Waals surface area (Å²) in [4.78, 5) is 27.2. The van der Waals surface area contributed by atoms with Gasteiger partial charge >= 0.3 is 0 Å². The number of nitrogens with zero attached hydrogens (tertiary/aromatic N) is 1. The average Bonchev–Trinajstić information content (AvgIpc) is 3.07. The topological polar surface area (TPSA) is 61.4 Å². The van der Waals surface area contributed by atoms with Gasteiger partial charge in [0.1, 0.15) is 0 Å². The zero-order valence-electron chi connectivity index (χ0n) is 16.6. The van der Waals surface area contributed by atoms with Crippen molar-refractivity contribution in [1.82, 2.24) is 15.5 Å². The van der Waals surface area contributed by atoms with Gasteiger partial charge in [0.05, 0.1) is 6.54 Å². The number of hydrogen-bond acceptors (Lipinski definition) is 3. The largest absolute Gasteiger partial charge is 0.347 e. The molecular formula is C22H35N3O2. The van der Waals surface area contributed by atoms with Gasteiger partial charge in [0.25, 0.3) is 0 Å². The van der Waals surface area contributed by atoms with Crippen molar-refractivity contribution in [3.8, 4) is 0 Å². The summed E-state index contributed by atoms with van der Waals surface area (Å²) in [6, 6.07) is 0. The molecule has 4 bridgehead atoms. The third-order valence-electron chi connectivity index (χ3n) is 8.65. The SMILES string of the molecule is O=C(CC12CC3CC(CC(C3)C1)C2)NCC(=O)N1CCC2(CCNC2)CC1. The number of carbonyl (C=O) groups is 2. The van der Waals surface area contributed by atoms with Crippen molar-refractivity contribution < 1.29 is 9.59 Å². The standard InChI is InChI=1S/C22H35N3O2/c26-19(13-22-10-16-7-17(11-22)9-18(8-16)12-22)24-14-20(27)25-5-2-21(3-6-25)1-4-23-15-21/h16-18,23H,1-15H2,(H,24,26). The highest BCUT2D eigenvalue weighted by molar-refractivity contribution is 5.85. The van der Waals surface area contributed by atoms with Gasteiger partial charge in [-0.15, -0.1) is 0 Å². The van der Waals surface area contributed by atoms with Gasteiger partial charge < -0.3 is 15.5 Å². The van der Waals surface area contributed by atoms with Crippen LogP contribution >= 0.6 is 0 Å². The van der Waals surface area contributed by atoms with Crippen LogP contribution in [0.5, 0.6) is 0 Å². The number of likely N-dealkylation sites (tertiary alicyclic amines) is 1. The van der Waals surface area contributed by atoms with E-state index in [-0.39, 0.29) is 23.8 Å². The maximum Gasteiger partial charge on any atom is 0.241 e. The predicted molar refractivity (Wildman–Crippen MR) is 104 cm³/mol. The van der Waals surface area contributed by atoms with Crippen LogP contribution in [0.2, 0.25) is 0 Å². The maximum absolute atomic E-state index is 12.6. The summed E-state index contributed by atoms with van der Waals surface area (Å²) in [5.74, 6) is 2.83. The van der Waals surface area contributed by atoms with Gasteiger partial charge in [0.2, 0.25) is 11.8 Å². The summed E-state index contributed by atoms with van der Waals surface area (Å²) < 4.78 is 0. The van der Waals surface area contributed by atoms with Crippen molar-refractivity contribution in [3.05, 3.63) is 0 Å². The van der Waals surface area contributed by atoms with Crippen molar-refractivity contribution in [3.63, 3.8) is 0 Å². The molecule has 2 amide bonds. The summed E-state index contributed by atoms with van der Waals surface area (Å²) in [5, 5.41) is 6.44. The van der Waals surface area contributed by atoms with Crippen LogP contribution in [0, 0.1) is 28.6 Å². The number of piperidine rings is 1. The van der Waals surface area contributed by atoms with Crippen LogP contribution < -0.4 is 10.6 Å². The number of amides is 2. The second-order valence-electron chi connectivity index (χ2n) is 10.7. The number of hydrogen-bond donors (Lipinski definition) is 2. The molecule has 6 rings (SSSR count). The molecule has 0 radical (unpaired) electrons. The smallest absolute Gasteiger partial charge is 0.241 e. The molecule has 6 aliphatic rings. The molecule has 0 aromatic rings. The summed E-state index contributed by atoms with van der Waals surface area (Å²) in [5.41, 5.74) is 0.688. The van der Waals surface area contributed by atoms with Crippen LogP contribution in [-0.2, 0) is 9.59 Å². The van der Waals surface area contributed by atoms with Gasteiger partial charge in [-0.1, -0.05) is 0 Å². The zero-order chi connectivity index (χ0) is 18.5. The second kappa shape index (κ2) is 6.75. The zero-order valence-corrected chi connectivity index (χ0v) is 16.6. The first kappa shape index (κ1) is 18.0. The Balaban J connectivity index is 1.09. The molecular weight excluding hydrogens is 338 g/mol. The summed E-state index contributed by atoms with van der Waals surface area (Å²) in [6.07, 6.45) is 12.1. The molecule has 27 heavy (non-hydrogen) atoms. The summed E-state index contributed by atoms with van der Waals surface area (Å²) in [7, 11) is 0. The average molecular weight is 374 g/mol. The van der Waals surface area contributed by atoms with E-state index in [1.165, 1.54) is 44.9 Å². The Labute approximate surface area is 163 Å². The molecule has 150 valence electrons. The molecule has 4 saturated carbocycles. The van der Waals surface area contributed by atoms with E-state index in [1.807, 2.05) is 4.90 Å². The van der Waals surface area contributed by atoms with Crippen molar-refractivity contribution in [1.29, 1.82) is 0 Å². The number of carbonyl (C=O) groups excluding carboxylic acids is 2. The van der Waals surface area contributed by atoms with Crippen molar-refractivity contribution in [2.24, 2.45) is 28.6 Å². The predicted octanol–water partition coefficient (Wildman–Crippen LogP) is 2.31. The monoisotopic (exact) mass is 373 g/mol. The van der Waals surface area contributed by atoms with Gasteiger partial charge in [0, 0.05) is 26.1 Å². The van der Waals surface area contributed by atoms with E-state index in [4.69, 9.17) is 0 Å². The minimum atomic E-state index is 0.106. The molecule has 2 saturated heterocycles. The third-order valence-corrected chi connectivity index (χ3v) is 8.65. The summed E-state index contributed by atoms with van der Waals surface area (Å²) >= 11 is 0. The van der Waals surface area contributed by atoms with Gasteiger partial charge in [-0.2, -0.15) is 0 Å². The normalized spacial score (nSPS) is 39.1. The van der Waals surface area contributed by atoms with E-state index >= 15 is 0 Å². The van der Waals surface area contributed by atoms with Crippen LogP contribution in [-0.4, -0.2) is 49.4 Å². The number of nitrogens with one attached hydrogen (secondary N) is 2. The van der Waals surface area contributed by atoms with E-state index < -0.39 is 0 Å². The fraction of sp³-hybridized carbons (Fsp3) is 0.909. The minimum absolute atomic E-state index is 0.106. The highest BCUT2D eigenvalue weighted by Crippen LogP contribution is 2.61. The Hall–Kier alpha value is -1.10. The van der Waals surface area contributed by atoms with Crippen LogP contribution in [0.15, 0.2) is 0 Å². The Morgan fingerprint density at radius 1 is 0.963 bits per heavy atom. The van der Waals surface area contributed by atoms with E-state index in [0.717, 1.165) is 56.8 Å². The first-order chi connectivity index (χ1) is 13.0. The Morgan fingerprint density at radius 3 is 2.15 bits per heavy atom. The van der Waals surface area contributed by atoms with Crippen LogP contribution in [0.4, 0.5) is 0 Å². The quantitative estimate of drug-likeness (QED) is 0.795. The van der Waals surface area contributed by atoms with E-state index in [0.29, 0.717) is 11.8 Å². The Kier molecular flexibility index (Phi) is 4.49. The fourth-order valence-corrected chi connectivity index (χ4v) is 7.65. The van der Waals surface area contributed by atoms with Gasteiger partial charge in [-0.25, -0.2) is 0 Å². The van der Waals surface area contributed by atoms with E-state index in [1.54, 1.807) is 0 Å². The molecule has 0 aromatic carbocycles. The van der Waals surface area contributed by atoms with Crippen molar-refractivity contribution >= 4 is 11.8 Å². The minimum Gasteiger partial charge on any atom is -0.347 e. The number of rotatable bonds is 4. The lowest BCUT2D eigenvalue weighted by atomic mass is 9.49. The van der Waals surface area contributed by atoms with Crippen LogP contribution in [0.1, 0.15) is 64.2 Å². The molecule has 6 fully saturated rings. The Bertz CT molecular complexity index is 565. The molecule has 2 aliphatic heterocycles. The molecule has 1 spiro atoms. The molecule has 0 unspecified atom stereocenters. The molecule has 5 heteroatoms. The lowest BCUT2D eigenvalue weighted by molar-refractivity contribution is -0.136. The molecule has 0 aromatic heterocycles. The first-order valence-electron chi connectivity index (χ1n) is 11.3. The summed E-state index contributed by atoms with van der Waals surface area (Å²) in [6.45, 7) is 4.12. The second-order valence-corrected chi connectivity index (χ2v) is 10.7. The highest BCUT2D eigenvalue weighted by Gasteiger charge is 2.51. The van der Waals surface area contributed by atoms with Gasteiger partial charge in [-0.3, -0.25) is 9.59 Å². The van der Waals surface area contributed by atoms with Crippen molar-refractivity contribution in [2.45, 2.75) is 64.2 Å². The van der Waals surface area contributed by atoms with Crippen LogP contribution in [0.3, 0.4) is 0 Å². The van der Waals surface area contributed by atoms with Gasteiger partial charge in [0.15, 0.2) is 0 Å². The van der Waals surface area contributed by atoms with E-state index in [9.17, 15) is 9.59 Å². The van der Waals surface area contributed by atoms with Crippen LogP contribution in [0.25, 0.3) is 0 Å². The third kappa shape index (κ3) is 3.52. The molecule has 2 N–H and O–H groups in total. The Morgan fingerprint density at radius 2 is 1.59 bits per heavy atom. The molecule has 4 aliphatic carbocycles. The highest BCUT2D eigenvalue weighted by atomic mass is 16.2. The molecule has 2 heterocycles. The fourth-order valence-electron chi connectivity index (χ4n) is 7.65. The van der Waals surface area contributed by atoms with Gasteiger partial charge in [-0.05, 0) is 92.9 Å². The molecule has 0 atom stereocenters.